The number of nitrogens with one attached hydrogen (secondary N) is 2. The molecule has 0 aliphatic rings. The van der Waals surface area contributed by atoms with Gasteiger partial charge in [0.25, 0.3) is 0 Å². The molecule has 0 saturated heterocycles. The molecule has 2 aromatic carbocycles. The predicted molar refractivity (Wildman–Crippen MR) is 116 cm³/mol. The van der Waals surface area contributed by atoms with Crippen LogP contribution < -0.4 is 10.6 Å². The van der Waals surface area contributed by atoms with Crippen LogP contribution in [0.4, 0.5) is 4.79 Å². The average Bonchev–Trinajstić information content (AvgIpc) is 2.76. The first-order valence-corrected chi connectivity index (χ1v) is 10.8. The van der Waals surface area contributed by atoms with E-state index in [0.29, 0.717) is 12.2 Å². The second kappa shape index (κ2) is 13.3. The van der Waals surface area contributed by atoms with Gasteiger partial charge in [0.2, 0.25) is 5.91 Å². The highest BCUT2D eigenvalue weighted by Gasteiger charge is 2.19. The molecular formula is C22H26N2O5S. The van der Waals surface area contributed by atoms with Crippen molar-refractivity contribution in [2.75, 3.05) is 12.3 Å². The Hall–Kier alpha value is -3.00. The van der Waals surface area contributed by atoms with E-state index in [1.807, 2.05) is 60.7 Å². The normalized spacial score (nSPS) is 11.3. The fourth-order valence-corrected chi connectivity index (χ4v) is 3.53. The molecule has 0 heterocycles. The van der Waals surface area contributed by atoms with E-state index in [1.165, 1.54) is 11.8 Å². The Labute approximate surface area is 180 Å². The van der Waals surface area contributed by atoms with Crippen molar-refractivity contribution >= 4 is 29.7 Å². The minimum atomic E-state index is -1.06. The van der Waals surface area contributed by atoms with Crippen LogP contribution in [-0.2, 0) is 26.7 Å². The number of hydrogen-bond acceptors (Lipinski definition) is 5. The summed E-state index contributed by atoms with van der Waals surface area (Å²) in [5.74, 6) is -0.469. The Kier molecular flexibility index (Phi) is 10.3. The molecule has 2 aromatic rings. The standard InChI is InChI=1S/C22H26N2O5S/c25-20(12-7-13-23-22(28)29-14-17-8-3-1-4-9-17)24-19(21(26)27)16-30-15-18-10-5-2-6-11-18/h1-6,8-11,19H,7,12-16H2,(H,23,28)(H,24,25)(H,26,27)/t19-/m0/s1. The highest BCUT2D eigenvalue weighted by Crippen LogP contribution is 2.13. The summed E-state index contributed by atoms with van der Waals surface area (Å²) in [4.78, 5) is 35.1. The van der Waals surface area contributed by atoms with Gasteiger partial charge in [0.1, 0.15) is 12.6 Å². The van der Waals surface area contributed by atoms with Crippen LogP contribution in [0.25, 0.3) is 0 Å². The van der Waals surface area contributed by atoms with Crippen molar-refractivity contribution in [3.8, 4) is 0 Å². The molecule has 0 bridgehead atoms. The van der Waals surface area contributed by atoms with Crippen LogP contribution in [0.15, 0.2) is 60.7 Å². The molecule has 30 heavy (non-hydrogen) atoms. The lowest BCUT2D eigenvalue weighted by atomic mass is 10.2. The minimum absolute atomic E-state index is 0.117. The molecule has 0 spiro atoms. The van der Waals surface area contributed by atoms with E-state index >= 15 is 0 Å². The van der Waals surface area contributed by atoms with E-state index in [4.69, 9.17) is 4.74 Å². The van der Waals surface area contributed by atoms with Crippen molar-refractivity contribution in [1.82, 2.24) is 10.6 Å². The Bertz CT molecular complexity index is 802. The van der Waals surface area contributed by atoms with Crippen LogP contribution in [0.1, 0.15) is 24.0 Å². The lowest BCUT2D eigenvalue weighted by Gasteiger charge is -2.14. The number of aliphatic carboxylic acids is 1. The number of thioether (sulfide) groups is 1. The third-order valence-corrected chi connectivity index (χ3v) is 5.20. The summed E-state index contributed by atoms with van der Waals surface area (Å²) in [5, 5.41) is 14.4. The number of carbonyl (C=O) groups is 3. The second-order valence-electron chi connectivity index (χ2n) is 6.55. The number of rotatable bonds is 12. The lowest BCUT2D eigenvalue weighted by molar-refractivity contribution is -0.141. The maximum absolute atomic E-state index is 12.0. The van der Waals surface area contributed by atoms with Crippen molar-refractivity contribution in [3.63, 3.8) is 0 Å². The van der Waals surface area contributed by atoms with Gasteiger partial charge in [-0.3, -0.25) is 4.79 Å². The van der Waals surface area contributed by atoms with Crippen LogP contribution in [-0.4, -0.2) is 41.4 Å². The number of carbonyl (C=O) groups excluding carboxylic acids is 2. The first kappa shape index (κ1) is 23.3. The van der Waals surface area contributed by atoms with Gasteiger partial charge in [-0.15, -0.1) is 0 Å². The lowest BCUT2D eigenvalue weighted by Crippen LogP contribution is -2.42. The zero-order valence-corrected chi connectivity index (χ0v) is 17.4. The predicted octanol–water partition coefficient (Wildman–Crippen LogP) is 3.20. The van der Waals surface area contributed by atoms with E-state index in [1.54, 1.807) is 0 Å². The molecule has 160 valence electrons. The highest BCUT2D eigenvalue weighted by molar-refractivity contribution is 7.98. The smallest absolute Gasteiger partial charge is 0.407 e. The number of amides is 2. The van der Waals surface area contributed by atoms with Crippen LogP contribution in [0, 0.1) is 0 Å². The SMILES string of the molecule is O=C(CCCNC(=O)OCc1ccccc1)N[C@@H](CSCc1ccccc1)C(=O)O. The molecule has 2 amide bonds. The van der Waals surface area contributed by atoms with Gasteiger partial charge in [0.15, 0.2) is 0 Å². The molecule has 0 saturated carbocycles. The van der Waals surface area contributed by atoms with Gasteiger partial charge in [-0.1, -0.05) is 60.7 Å². The van der Waals surface area contributed by atoms with Crippen molar-refractivity contribution in [1.29, 1.82) is 0 Å². The average molecular weight is 431 g/mol. The van der Waals surface area contributed by atoms with Gasteiger partial charge >= 0.3 is 12.1 Å². The quantitative estimate of drug-likeness (QED) is 0.447. The largest absolute Gasteiger partial charge is 0.480 e. The highest BCUT2D eigenvalue weighted by atomic mass is 32.2. The van der Waals surface area contributed by atoms with Gasteiger partial charge in [-0.25, -0.2) is 9.59 Å². The Morgan fingerprint density at radius 1 is 0.967 bits per heavy atom. The van der Waals surface area contributed by atoms with Crippen molar-refractivity contribution in [3.05, 3.63) is 71.8 Å². The summed E-state index contributed by atoms with van der Waals surface area (Å²) >= 11 is 1.45. The number of ether oxygens (including phenoxy) is 1. The monoisotopic (exact) mass is 430 g/mol. The minimum Gasteiger partial charge on any atom is -0.480 e. The van der Waals surface area contributed by atoms with E-state index in [2.05, 4.69) is 10.6 Å². The van der Waals surface area contributed by atoms with Crippen molar-refractivity contribution < 1.29 is 24.2 Å². The summed E-state index contributed by atoms with van der Waals surface area (Å²) in [6, 6.07) is 18.1. The third-order valence-electron chi connectivity index (χ3n) is 4.09. The second-order valence-corrected chi connectivity index (χ2v) is 7.58. The van der Waals surface area contributed by atoms with E-state index < -0.39 is 18.1 Å². The molecular weight excluding hydrogens is 404 g/mol. The van der Waals surface area contributed by atoms with Gasteiger partial charge in [-0.2, -0.15) is 11.8 Å². The zero-order valence-electron chi connectivity index (χ0n) is 16.6. The summed E-state index contributed by atoms with van der Waals surface area (Å²) in [7, 11) is 0. The first-order chi connectivity index (χ1) is 14.5. The maximum Gasteiger partial charge on any atom is 0.407 e. The summed E-state index contributed by atoms with van der Waals surface area (Å²) < 4.78 is 5.08. The van der Waals surface area contributed by atoms with E-state index in [-0.39, 0.29) is 31.2 Å². The van der Waals surface area contributed by atoms with Gasteiger partial charge < -0.3 is 20.5 Å². The number of carboxylic acid groups (broad SMARTS) is 1. The zero-order chi connectivity index (χ0) is 21.6. The Morgan fingerprint density at radius 2 is 1.60 bits per heavy atom. The maximum atomic E-state index is 12.0. The number of benzene rings is 2. The topological polar surface area (TPSA) is 105 Å². The van der Waals surface area contributed by atoms with Crippen molar-refractivity contribution in [2.24, 2.45) is 0 Å². The Balaban J connectivity index is 1.59. The number of hydrogen-bond donors (Lipinski definition) is 3. The van der Waals surface area contributed by atoms with Crippen LogP contribution >= 0.6 is 11.8 Å². The molecule has 0 aromatic heterocycles. The summed E-state index contributed by atoms with van der Waals surface area (Å²) in [5.41, 5.74) is 1.99. The van der Waals surface area contributed by atoms with Crippen LogP contribution in [0.2, 0.25) is 0 Å². The summed E-state index contributed by atoms with van der Waals surface area (Å²) in [6.45, 7) is 0.440. The molecule has 0 aliphatic carbocycles. The molecule has 0 aliphatic heterocycles. The Morgan fingerprint density at radius 3 is 2.23 bits per heavy atom. The molecule has 3 N–H and O–H groups in total. The summed E-state index contributed by atoms with van der Waals surface area (Å²) in [6.07, 6.45) is -0.0537. The molecule has 1 atom stereocenters. The molecule has 0 unspecified atom stereocenters. The fourth-order valence-electron chi connectivity index (χ4n) is 2.52. The number of carboxylic acids is 1. The van der Waals surface area contributed by atoms with Crippen LogP contribution in [0.5, 0.6) is 0 Å². The molecule has 8 heteroatoms. The van der Waals surface area contributed by atoms with E-state index in [9.17, 15) is 19.5 Å². The fraction of sp³-hybridized carbons (Fsp3) is 0.318. The molecule has 2 rings (SSSR count). The first-order valence-electron chi connectivity index (χ1n) is 9.63. The van der Waals surface area contributed by atoms with E-state index in [0.717, 1.165) is 11.1 Å². The molecule has 0 radical (unpaired) electrons. The van der Waals surface area contributed by atoms with Gasteiger partial charge in [0.05, 0.1) is 0 Å². The third kappa shape index (κ3) is 9.47. The van der Waals surface area contributed by atoms with Gasteiger partial charge in [-0.05, 0) is 17.5 Å². The molecule has 0 fully saturated rings. The van der Waals surface area contributed by atoms with Gasteiger partial charge in [0, 0.05) is 24.5 Å². The van der Waals surface area contributed by atoms with Crippen LogP contribution in [0.3, 0.4) is 0 Å². The van der Waals surface area contributed by atoms with Crippen molar-refractivity contribution in [2.45, 2.75) is 31.2 Å². The molecule has 7 nitrogen and oxygen atoms in total. The number of alkyl carbamates (subject to hydrolysis) is 1.